The highest BCUT2D eigenvalue weighted by molar-refractivity contribution is 5.68. The van der Waals surface area contributed by atoms with Crippen molar-refractivity contribution >= 4 is 6.09 Å². The van der Waals surface area contributed by atoms with Crippen molar-refractivity contribution in [2.24, 2.45) is 0 Å². The molecular formula is C15H22N2O4. The molecule has 0 aliphatic rings. The third kappa shape index (κ3) is 5.41. The molecule has 0 bridgehead atoms. The van der Waals surface area contributed by atoms with Gasteiger partial charge in [-0.15, -0.1) is 0 Å². The highest BCUT2D eigenvalue weighted by atomic mass is 16.6. The molecule has 0 saturated carbocycles. The summed E-state index contributed by atoms with van der Waals surface area (Å²) in [5.41, 5.74) is 1.00. The molecule has 0 aromatic heterocycles. The Kier molecular flexibility index (Phi) is 5.29. The first-order valence-corrected chi connectivity index (χ1v) is 6.80. The molecule has 0 heterocycles. The first kappa shape index (κ1) is 16.9. The minimum absolute atomic E-state index is 0.412. The maximum absolute atomic E-state index is 11.9. The number of ether oxygens (including phenoxy) is 1. The summed E-state index contributed by atoms with van der Waals surface area (Å²) < 4.78 is 5.18. The fraction of sp³-hybridized carbons (Fsp3) is 0.533. The highest BCUT2D eigenvalue weighted by Gasteiger charge is 2.31. The maximum Gasteiger partial charge on any atom is 0.408 e. The monoisotopic (exact) mass is 294 g/mol. The number of alkyl carbamates (subject to hydrolysis) is 1. The Morgan fingerprint density at radius 2 is 2.00 bits per heavy atom. The molecule has 21 heavy (non-hydrogen) atoms. The van der Waals surface area contributed by atoms with Crippen LogP contribution in [0, 0.1) is 17.0 Å². The number of aryl methyl sites for hydroxylation is 1. The number of carbonyl (C=O) groups excluding carboxylic acids is 1. The highest BCUT2D eigenvalue weighted by Crippen LogP contribution is 2.21. The van der Waals surface area contributed by atoms with Gasteiger partial charge in [-0.1, -0.05) is 29.8 Å². The largest absolute Gasteiger partial charge is 0.444 e. The van der Waals surface area contributed by atoms with Gasteiger partial charge in [-0.2, -0.15) is 0 Å². The number of amides is 1. The third-order valence-electron chi connectivity index (χ3n) is 2.89. The van der Waals surface area contributed by atoms with Gasteiger partial charge < -0.3 is 10.1 Å². The Labute approximate surface area is 124 Å². The molecule has 2 atom stereocenters. The van der Waals surface area contributed by atoms with Crippen molar-refractivity contribution in [3.8, 4) is 0 Å². The molecule has 0 aliphatic heterocycles. The van der Waals surface area contributed by atoms with Crippen molar-refractivity contribution < 1.29 is 14.5 Å². The molecule has 0 fully saturated rings. The Morgan fingerprint density at radius 1 is 1.38 bits per heavy atom. The van der Waals surface area contributed by atoms with Gasteiger partial charge >= 0.3 is 6.09 Å². The van der Waals surface area contributed by atoms with E-state index in [0.29, 0.717) is 5.56 Å². The van der Waals surface area contributed by atoms with Crippen LogP contribution in [0.25, 0.3) is 0 Å². The van der Waals surface area contributed by atoms with Gasteiger partial charge in [-0.3, -0.25) is 10.1 Å². The van der Waals surface area contributed by atoms with E-state index in [0.717, 1.165) is 5.56 Å². The number of nitro groups is 1. The first-order valence-electron chi connectivity index (χ1n) is 6.80. The molecule has 0 saturated heterocycles. The van der Waals surface area contributed by atoms with Crippen molar-refractivity contribution in [1.29, 1.82) is 0 Å². The second-order valence-electron chi connectivity index (χ2n) is 6.06. The standard InChI is InChI=1S/C15H22N2O4/c1-10-7-6-8-12(9-10)13(11(2)17(19)20)16-14(18)21-15(3,4)5/h6-9,11,13H,1-5H3,(H,16,18)/t11-,13+/m1/s1. The number of benzene rings is 1. The Balaban J connectivity index is 2.99. The minimum Gasteiger partial charge on any atom is -0.444 e. The van der Waals surface area contributed by atoms with Crippen LogP contribution in [-0.2, 0) is 4.74 Å². The van der Waals surface area contributed by atoms with Gasteiger partial charge in [0.05, 0.1) is 0 Å². The van der Waals surface area contributed by atoms with Crippen LogP contribution >= 0.6 is 0 Å². The van der Waals surface area contributed by atoms with Crippen LogP contribution in [-0.4, -0.2) is 22.7 Å². The summed E-state index contributed by atoms with van der Waals surface area (Å²) in [4.78, 5) is 22.6. The lowest BCUT2D eigenvalue weighted by atomic mass is 9.99. The molecule has 0 unspecified atom stereocenters. The van der Waals surface area contributed by atoms with Gasteiger partial charge in [0.2, 0.25) is 6.04 Å². The van der Waals surface area contributed by atoms with E-state index < -0.39 is 28.7 Å². The van der Waals surface area contributed by atoms with Crippen molar-refractivity contribution in [3.63, 3.8) is 0 Å². The van der Waals surface area contributed by atoms with Crippen LogP contribution in [0.4, 0.5) is 4.79 Å². The second-order valence-corrected chi connectivity index (χ2v) is 6.06. The zero-order chi connectivity index (χ0) is 16.2. The topological polar surface area (TPSA) is 81.5 Å². The lowest BCUT2D eigenvalue weighted by Crippen LogP contribution is -2.41. The quantitative estimate of drug-likeness (QED) is 0.682. The van der Waals surface area contributed by atoms with E-state index in [2.05, 4.69) is 5.32 Å². The zero-order valence-electron chi connectivity index (χ0n) is 13.0. The van der Waals surface area contributed by atoms with Gasteiger partial charge in [0, 0.05) is 11.8 Å². The molecule has 0 radical (unpaired) electrons. The summed E-state index contributed by atoms with van der Waals surface area (Å²) in [5, 5.41) is 13.7. The first-order chi connectivity index (χ1) is 9.60. The van der Waals surface area contributed by atoms with Gasteiger partial charge in [0.25, 0.3) is 0 Å². The average Bonchev–Trinajstić information content (AvgIpc) is 2.32. The summed E-state index contributed by atoms with van der Waals surface area (Å²) in [6.45, 7) is 8.58. The summed E-state index contributed by atoms with van der Waals surface area (Å²) in [7, 11) is 0. The summed E-state index contributed by atoms with van der Waals surface area (Å²) in [5.74, 6) is 0. The number of nitrogens with one attached hydrogen (secondary N) is 1. The predicted molar refractivity (Wildman–Crippen MR) is 79.7 cm³/mol. The molecule has 6 nitrogen and oxygen atoms in total. The minimum atomic E-state index is -0.959. The summed E-state index contributed by atoms with van der Waals surface area (Å²) >= 11 is 0. The van der Waals surface area contributed by atoms with Crippen molar-refractivity contribution in [2.75, 3.05) is 0 Å². The number of rotatable bonds is 4. The summed E-state index contributed by atoms with van der Waals surface area (Å²) in [6.07, 6.45) is -0.664. The Morgan fingerprint density at radius 3 is 2.48 bits per heavy atom. The third-order valence-corrected chi connectivity index (χ3v) is 2.89. The fourth-order valence-electron chi connectivity index (χ4n) is 1.90. The Bertz CT molecular complexity index is 523. The van der Waals surface area contributed by atoms with Crippen LogP contribution in [0.2, 0.25) is 0 Å². The summed E-state index contributed by atoms with van der Waals surface area (Å²) in [6, 6.07) is 5.58. The van der Waals surface area contributed by atoms with Gasteiger partial charge in [-0.05, 0) is 33.3 Å². The van der Waals surface area contributed by atoms with Crippen molar-refractivity contribution in [3.05, 3.63) is 45.5 Å². The van der Waals surface area contributed by atoms with Gasteiger partial charge in [0.1, 0.15) is 11.6 Å². The zero-order valence-corrected chi connectivity index (χ0v) is 13.0. The van der Waals surface area contributed by atoms with E-state index in [4.69, 9.17) is 4.74 Å². The van der Waals surface area contributed by atoms with E-state index >= 15 is 0 Å². The van der Waals surface area contributed by atoms with Crippen LogP contribution in [0.3, 0.4) is 0 Å². The predicted octanol–water partition coefficient (Wildman–Crippen LogP) is 3.23. The number of hydrogen-bond donors (Lipinski definition) is 1. The normalized spacial score (nSPS) is 14.1. The number of hydrogen-bond acceptors (Lipinski definition) is 4. The second kappa shape index (κ2) is 6.56. The molecule has 1 N–H and O–H groups in total. The lowest BCUT2D eigenvalue weighted by Gasteiger charge is -2.24. The van der Waals surface area contributed by atoms with Crippen LogP contribution in [0.1, 0.15) is 44.9 Å². The van der Waals surface area contributed by atoms with E-state index in [1.807, 2.05) is 19.1 Å². The van der Waals surface area contributed by atoms with Crippen LogP contribution in [0.15, 0.2) is 24.3 Å². The van der Waals surface area contributed by atoms with Crippen molar-refractivity contribution in [1.82, 2.24) is 5.32 Å². The lowest BCUT2D eigenvalue weighted by molar-refractivity contribution is -0.523. The average molecular weight is 294 g/mol. The molecule has 1 aromatic rings. The van der Waals surface area contributed by atoms with Crippen LogP contribution < -0.4 is 5.32 Å². The van der Waals surface area contributed by atoms with E-state index in [1.54, 1.807) is 32.9 Å². The Hall–Kier alpha value is -2.11. The van der Waals surface area contributed by atoms with Crippen molar-refractivity contribution in [2.45, 2.75) is 52.3 Å². The van der Waals surface area contributed by atoms with Gasteiger partial charge in [0.15, 0.2) is 0 Å². The molecule has 6 heteroatoms. The van der Waals surface area contributed by atoms with E-state index in [9.17, 15) is 14.9 Å². The van der Waals surface area contributed by atoms with E-state index in [-0.39, 0.29) is 0 Å². The maximum atomic E-state index is 11.9. The SMILES string of the molecule is Cc1cccc([C@@H](NC(=O)OC(C)(C)C)[C@@H](C)[N+](=O)[O-])c1. The molecule has 0 spiro atoms. The molecule has 0 aliphatic carbocycles. The van der Waals surface area contributed by atoms with Gasteiger partial charge in [-0.25, -0.2) is 4.79 Å². The molecule has 116 valence electrons. The smallest absolute Gasteiger partial charge is 0.408 e. The number of nitrogens with zero attached hydrogens (tertiary/aromatic N) is 1. The van der Waals surface area contributed by atoms with Crippen LogP contribution in [0.5, 0.6) is 0 Å². The molecule has 1 aromatic carbocycles. The molecular weight excluding hydrogens is 272 g/mol. The molecule has 1 rings (SSSR count). The molecule has 1 amide bonds. The van der Waals surface area contributed by atoms with E-state index in [1.165, 1.54) is 6.92 Å². The number of carbonyl (C=O) groups is 1. The fourth-order valence-corrected chi connectivity index (χ4v) is 1.90.